The van der Waals surface area contributed by atoms with Gasteiger partial charge < -0.3 is 4.74 Å². The molecule has 0 saturated heterocycles. The Hall–Kier alpha value is -0.670. The van der Waals surface area contributed by atoms with E-state index >= 15 is 0 Å². The molecule has 0 fully saturated rings. The minimum absolute atomic E-state index is 0.0151. The highest BCUT2D eigenvalue weighted by Gasteiger charge is 2.25. The van der Waals surface area contributed by atoms with Gasteiger partial charge in [-0.05, 0) is 5.92 Å². The summed E-state index contributed by atoms with van der Waals surface area (Å²) in [5.74, 6) is 0.0736. The van der Waals surface area contributed by atoms with Crippen LogP contribution in [0.5, 0.6) is 0 Å². The molecule has 0 aliphatic carbocycles. The van der Waals surface area contributed by atoms with Crippen molar-refractivity contribution in [1.82, 2.24) is 14.1 Å². The molecule has 2 heterocycles. The third kappa shape index (κ3) is 3.09. The molecular weight excluding hydrogens is 310 g/mol. The zero-order valence-electron chi connectivity index (χ0n) is 10.5. The molecule has 1 atom stereocenters. The molecule has 0 aliphatic heterocycles. The second-order valence-electron chi connectivity index (χ2n) is 4.18. The number of halogens is 1. The van der Waals surface area contributed by atoms with E-state index < -0.39 is 10.0 Å². The molecule has 0 aromatic carbocycles. The van der Waals surface area contributed by atoms with Crippen molar-refractivity contribution in [1.29, 1.82) is 0 Å². The third-order valence-electron chi connectivity index (χ3n) is 2.51. The number of hydrogen-bond donors (Lipinski definition) is 1. The topological polar surface area (TPSA) is 72.7 Å². The zero-order valence-corrected chi connectivity index (χ0v) is 12.8. The number of fused-ring (bicyclic) bond motifs is 1. The quantitative estimate of drug-likeness (QED) is 0.876. The number of hydrogen-bond acceptors (Lipinski definition) is 5. The lowest BCUT2D eigenvalue weighted by Gasteiger charge is -2.11. The SMILES string of the molecule is COCC(C)CNS(=O)(=O)c1c(Cl)nc2sccn12. The minimum atomic E-state index is -3.69. The molecule has 0 saturated carbocycles. The Bertz CT molecular complexity index is 665. The van der Waals surface area contributed by atoms with Gasteiger partial charge in [0, 0.05) is 31.8 Å². The van der Waals surface area contributed by atoms with E-state index in [9.17, 15) is 8.42 Å². The molecule has 2 aromatic heterocycles. The van der Waals surface area contributed by atoms with Gasteiger partial charge in [-0.15, -0.1) is 11.3 Å². The summed E-state index contributed by atoms with van der Waals surface area (Å²) in [4.78, 5) is 4.56. The molecule has 9 heteroatoms. The molecule has 6 nitrogen and oxygen atoms in total. The van der Waals surface area contributed by atoms with Crippen LogP contribution in [0, 0.1) is 5.92 Å². The summed E-state index contributed by atoms with van der Waals surface area (Å²) >= 11 is 7.23. The van der Waals surface area contributed by atoms with E-state index in [-0.39, 0.29) is 22.6 Å². The molecule has 0 bridgehead atoms. The molecule has 2 rings (SSSR count). The van der Waals surface area contributed by atoms with Gasteiger partial charge in [-0.25, -0.2) is 18.1 Å². The van der Waals surface area contributed by atoms with Crippen molar-refractivity contribution in [3.63, 3.8) is 0 Å². The summed E-state index contributed by atoms with van der Waals surface area (Å²) < 4.78 is 33.4. The minimum Gasteiger partial charge on any atom is -0.384 e. The second-order valence-corrected chi connectivity index (χ2v) is 7.09. The van der Waals surface area contributed by atoms with Gasteiger partial charge in [0.1, 0.15) is 0 Å². The van der Waals surface area contributed by atoms with Crippen LogP contribution in [0.1, 0.15) is 6.92 Å². The Morgan fingerprint density at radius 3 is 3.05 bits per heavy atom. The Morgan fingerprint density at radius 2 is 2.37 bits per heavy atom. The van der Waals surface area contributed by atoms with E-state index in [4.69, 9.17) is 16.3 Å². The molecule has 2 aromatic rings. The van der Waals surface area contributed by atoms with Gasteiger partial charge in [0.25, 0.3) is 10.0 Å². The van der Waals surface area contributed by atoms with E-state index in [0.717, 1.165) is 0 Å². The number of aromatic nitrogens is 2. The van der Waals surface area contributed by atoms with Crippen molar-refractivity contribution in [3.8, 4) is 0 Å². The van der Waals surface area contributed by atoms with Gasteiger partial charge >= 0.3 is 0 Å². The molecule has 106 valence electrons. The summed E-state index contributed by atoms with van der Waals surface area (Å²) in [5, 5.41) is 1.72. The Labute approximate surface area is 120 Å². The molecule has 1 N–H and O–H groups in total. The first kappa shape index (κ1) is 14.7. The first-order chi connectivity index (χ1) is 8.95. The second kappa shape index (κ2) is 5.76. The average molecular weight is 324 g/mol. The number of rotatable bonds is 6. The molecule has 19 heavy (non-hydrogen) atoms. The number of sulfonamides is 1. The number of imidazole rings is 1. The van der Waals surface area contributed by atoms with E-state index in [1.54, 1.807) is 18.7 Å². The van der Waals surface area contributed by atoms with Gasteiger partial charge in [-0.1, -0.05) is 18.5 Å². The molecule has 0 spiro atoms. The van der Waals surface area contributed by atoms with Crippen LogP contribution in [-0.4, -0.2) is 38.1 Å². The van der Waals surface area contributed by atoms with Gasteiger partial charge in [0.2, 0.25) is 0 Å². The van der Waals surface area contributed by atoms with Crippen LogP contribution in [0.25, 0.3) is 4.96 Å². The highest BCUT2D eigenvalue weighted by atomic mass is 35.5. The number of nitrogens with one attached hydrogen (secondary N) is 1. The molecule has 0 radical (unpaired) electrons. The summed E-state index contributed by atoms with van der Waals surface area (Å²) in [6.45, 7) is 2.66. The highest BCUT2D eigenvalue weighted by Crippen LogP contribution is 2.25. The predicted octanol–water partition coefficient (Wildman–Crippen LogP) is 1.61. The third-order valence-corrected chi connectivity index (χ3v) is 5.08. The smallest absolute Gasteiger partial charge is 0.259 e. The first-order valence-electron chi connectivity index (χ1n) is 5.55. The normalized spacial score (nSPS) is 14.1. The fraction of sp³-hybridized carbons (Fsp3) is 0.500. The first-order valence-corrected chi connectivity index (χ1v) is 8.29. The number of methoxy groups -OCH3 is 1. The van der Waals surface area contributed by atoms with Crippen LogP contribution in [0.2, 0.25) is 5.15 Å². The van der Waals surface area contributed by atoms with E-state index in [2.05, 4.69) is 9.71 Å². The van der Waals surface area contributed by atoms with Crippen molar-refractivity contribution >= 4 is 37.9 Å². The zero-order chi connectivity index (χ0) is 14.0. The average Bonchev–Trinajstić information content (AvgIpc) is 2.86. The van der Waals surface area contributed by atoms with Gasteiger partial charge in [0.05, 0.1) is 0 Å². The van der Waals surface area contributed by atoms with Gasteiger partial charge in [-0.2, -0.15) is 0 Å². The standard InChI is InChI=1S/C10H14ClN3O3S2/c1-7(6-17-2)5-12-19(15,16)9-8(11)13-10-14(9)3-4-18-10/h3-4,7,12H,5-6H2,1-2H3. The lowest BCUT2D eigenvalue weighted by molar-refractivity contribution is 0.161. The summed E-state index contributed by atoms with van der Waals surface area (Å²) in [5.41, 5.74) is 0. The van der Waals surface area contributed by atoms with Crippen LogP contribution < -0.4 is 4.72 Å². The molecule has 0 aliphatic rings. The monoisotopic (exact) mass is 323 g/mol. The van der Waals surface area contributed by atoms with Crippen molar-refractivity contribution in [2.24, 2.45) is 5.92 Å². The summed E-state index contributed by atoms with van der Waals surface area (Å²) in [6, 6.07) is 0. The molecular formula is C10H14ClN3O3S2. The fourth-order valence-corrected chi connectivity index (χ4v) is 4.25. The number of ether oxygens (including phenoxy) is 1. The van der Waals surface area contributed by atoms with Crippen LogP contribution in [0.4, 0.5) is 0 Å². The maximum atomic E-state index is 12.2. The van der Waals surface area contributed by atoms with Gasteiger partial charge in [0.15, 0.2) is 15.1 Å². The van der Waals surface area contributed by atoms with E-state index in [1.165, 1.54) is 15.7 Å². The largest absolute Gasteiger partial charge is 0.384 e. The molecule has 0 amide bonds. The van der Waals surface area contributed by atoms with Crippen molar-refractivity contribution in [2.45, 2.75) is 11.9 Å². The molecule has 1 unspecified atom stereocenters. The van der Waals surface area contributed by atoms with Crippen LogP contribution in [-0.2, 0) is 14.8 Å². The predicted molar refractivity (Wildman–Crippen MR) is 74.3 cm³/mol. The number of thiazole rings is 1. The Balaban J connectivity index is 2.24. The van der Waals surface area contributed by atoms with Crippen molar-refractivity contribution < 1.29 is 13.2 Å². The number of nitrogens with zero attached hydrogens (tertiary/aromatic N) is 2. The van der Waals surface area contributed by atoms with Crippen molar-refractivity contribution in [2.75, 3.05) is 20.3 Å². The Morgan fingerprint density at radius 1 is 1.63 bits per heavy atom. The highest BCUT2D eigenvalue weighted by molar-refractivity contribution is 7.89. The lowest BCUT2D eigenvalue weighted by atomic mass is 10.2. The van der Waals surface area contributed by atoms with Crippen LogP contribution >= 0.6 is 22.9 Å². The van der Waals surface area contributed by atoms with E-state index in [0.29, 0.717) is 11.6 Å². The Kier molecular flexibility index (Phi) is 4.46. The summed E-state index contributed by atoms with van der Waals surface area (Å²) in [7, 11) is -2.11. The van der Waals surface area contributed by atoms with Crippen LogP contribution in [0.3, 0.4) is 0 Å². The lowest BCUT2D eigenvalue weighted by Crippen LogP contribution is -2.30. The maximum Gasteiger partial charge on any atom is 0.259 e. The maximum absolute atomic E-state index is 12.2. The van der Waals surface area contributed by atoms with Crippen molar-refractivity contribution in [3.05, 3.63) is 16.7 Å². The van der Waals surface area contributed by atoms with Crippen LogP contribution in [0.15, 0.2) is 16.6 Å². The fourth-order valence-electron chi connectivity index (χ4n) is 1.64. The summed E-state index contributed by atoms with van der Waals surface area (Å²) in [6.07, 6.45) is 1.63. The van der Waals surface area contributed by atoms with E-state index in [1.807, 2.05) is 6.92 Å². The van der Waals surface area contributed by atoms with Gasteiger partial charge in [-0.3, -0.25) is 4.40 Å².